The third-order valence-corrected chi connectivity index (χ3v) is 9.52. The van der Waals surface area contributed by atoms with Gasteiger partial charge in [0, 0.05) is 0 Å². The average Bonchev–Trinajstić information content (AvgIpc) is 3.22. The van der Waals surface area contributed by atoms with E-state index in [2.05, 4.69) is 31.9 Å². The molecule has 0 saturated heterocycles. The van der Waals surface area contributed by atoms with Gasteiger partial charge in [-0.05, 0) is 58.5 Å². The number of nitrogens with one attached hydrogen (secondary N) is 9. The first-order valence-corrected chi connectivity index (χ1v) is 21.1. The summed E-state index contributed by atoms with van der Waals surface area (Å²) < 4.78 is 0. The fourth-order valence-electron chi connectivity index (χ4n) is 5.07. The molecule has 26 nitrogen and oxygen atoms in total. The molecule has 0 aromatic carbocycles. The van der Waals surface area contributed by atoms with Crippen molar-refractivity contribution in [1.82, 2.24) is 47.9 Å². The number of aliphatic hydroxyl groups is 5. The molecule has 0 aromatic rings. The molecule has 0 heterocycles. The van der Waals surface area contributed by atoms with Crippen LogP contribution in [-0.4, -0.2) is 195 Å². The van der Waals surface area contributed by atoms with E-state index >= 15 is 0 Å². The summed E-state index contributed by atoms with van der Waals surface area (Å²) >= 11 is 1.48. The van der Waals surface area contributed by atoms with Crippen molar-refractivity contribution < 1.29 is 78.6 Å². The molecule has 0 aliphatic heterocycles. The Morgan fingerprint density at radius 1 is 0.476 bits per heavy atom. The van der Waals surface area contributed by atoms with Crippen molar-refractivity contribution in [2.75, 3.05) is 38.4 Å². The number of rotatable bonds is 29. The molecule has 0 radical (unpaired) electrons. The minimum atomic E-state index is -1.86. The van der Waals surface area contributed by atoms with Gasteiger partial charge in [0.25, 0.3) is 0 Å². The number of nitrogens with two attached hydrogens (primary N) is 1. The van der Waals surface area contributed by atoms with Crippen molar-refractivity contribution in [3.63, 3.8) is 0 Å². The monoisotopic (exact) mass is 924 g/mol. The maximum atomic E-state index is 13.0. The summed E-state index contributed by atoms with van der Waals surface area (Å²) in [4.78, 5) is 127. The molecule has 0 spiro atoms. The Kier molecular flexibility index (Phi) is 26.8. The Balaban J connectivity index is 5.42. The van der Waals surface area contributed by atoms with Gasteiger partial charge in [-0.2, -0.15) is 11.8 Å². The van der Waals surface area contributed by atoms with Crippen LogP contribution in [0.25, 0.3) is 0 Å². The van der Waals surface area contributed by atoms with Gasteiger partial charge in [-0.3, -0.25) is 43.2 Å². The van der Waals surface area contributed by atoms with Gasteiger partial charge in [0.1, 0.15) is 54.4 Å². The first-order chi connectivity index (χ1) is 29.4. The lowest BCUT2D eigenvalue weighted by molar-refractivity contribution is -0.143. The van der Waals surface area contributed by atoms with Crippen molar-refractivity contribution in [2.45, 2.75) is 121 Å². The van der Waals surface area contributed by atoms with Gasteiger partial charge in [0.15, 0.2) is 0 Å². The van der Waals surface area contributed by atoms with Gasteiger partial charge in [-0.1, -0.05) is 13.8 Å². The van der Waals surface area contributed by atoms with Crippen molar-refractivity contribution in [1.29, 1.82) is 0 Å². The van der Waals surface area contributed by atoms with Gasteiger partial charge in [0.05, 0.1) is 38.6 Å². The topological polar surface area (TPSA) is 426 Å². The van der Waals surface area contributed by atoms with E-state index in [0.29, 0.717) is 12.2 Å². The number of carboxylic acids is 1. The number of carboxylic acid groups (broad SMARTS) is 1. The number of amides is 9. The second-order valence-corrected chi connectivity index (χ2v) is 15.8. The van der Waals surface area contributed by atoms with Crippen LogP contribution in [0.3, 0.4) is 0 Å². The molecule has 0 bridgehead atoms. The van der Waals surface area contributed by atoms with Crippen molar-refractivity contribution in [2.24, 2.45) is 11.7 Å². The Morgan fingerprint density at radius 3 is 1.13 bits per heavy atom. The van der Waals surface area contributed by atoms with Crippen molar-refractivity contribution in [3.8, 4) is 0 Å². The lowest BCUT2D eigenvalue weighted by Crippen LogP contribution is -2.62. The highest BCUT2D eigenvalue weighted by atomic mass is 32.2. The lowest BCUT2D eigenvalue weighted by Gasteiger charge is -2.26. The van der Waals surface area contributed by atoms with Crippen LogP contribution >= 0.6 is 11.8 Å². The Bertz CT molecular complexity index is 1590. The highest BCUT2D eigenvalue weighted by Gasteiger charge is 2.34. The van der Waals surface area contributed by atoms with Crippen LogP contribution < -0.4 is 53.6 Å². The number of thioether (sulfide) groups is 1. The first-order valence-electron chi connectivity index (χ1n) is 19.7. The van der Waals surface area contributed by atoms with Gasteiger partial charge in [-0.15, -0.1) is 0 Å². The Morgan fingerprint density at radius 2 is 0.794 bits per heavy atom. The minimum absolute atomic E-state index is 0.0195. The molecule has 0 unspecified atom stereocenters. The molecule has 0 aliphatic rings. The second-order valence-electron chi connectivity index (χ2n) is 14.8. The molecule has 17 N–H and O–H groups in total. The van der Waals surface area contributed by atoms with E-state index in [9.17, 15) is 78.6 Å². The summed E-state index contributed by atoms with van der Waals surface area (Å²) in [5.74, 6) is -10.2. The zero-order valence-electron chi connectivity index (χ0n) is 36.1. The number of hydrogen-bond donors (Lipinski definition) is 16. The highest BCUT2D eigenvalue weighted by Crippen LogP contribution is 2.06. The summed E-state index contributed by atoms with van der Waals surface area (Å²) in [5.41, 5.74) is 5.81. The third kappa shape index (κ3) is 20.7. The highest BCUT2D eigenvalue weighted by molar-refractivity contribution is 7.98. The number of aliphatic carboxylic acids is 1. The number of hydrogen-bond acceptors (Lipinski definition) is 17. The summed E-state index contributed by atoms with van der Waals surface area (Å²) in [6.45, 7) is 4.00. The quantitative estimate of drug-likeness (QED) is 0.0331. The van der Waals surface area contributed by atoms with Crippen LogP contribution in [-0.2, 0) is 47.9 Å². The molecule has 360 valence electrons. The first kappa shape index (κ1) is 57.8. The normalized spacial score (nSPS) is 16.3. The second kappa shape index (κ2) is 29.2. The van der Waals surface area contributed by atoms with Crippen LogP contribution in [0.15, 0.2) is 0 Å². The van der Waals surface area contributed by atoms with Gasteiger partial charge in [0.2, 0.25) is 53.2 Å². The molecule has 27 heteroatoms. The summed E-state index contributed by atoms with van der Waals surface area (Å²) in [5, 5.41) is 78.2. The molecule has 11 atom stereocenters. The zero-order valence-corrected chi connectivity index (χ0v) is 36.9. The van der Waals surface area contributed by atoms with Crippen LogP contribution in [0.4, 0.5) is 0 Å². The summed E-state index contributed by atoms with van der Waals surface area (Å²) in [7, 11) is 0. The Hall–Kier alpha value is -5.19. The van der Waals surface area contributed by atoms with E-state index in [1.54, 1.807) is 13.8 Å². The summed E-state index contributed by atoms with van der Waals surface area (Å²) in [6.07, 6.45) is 0.722. The van der Waals surface area contributed by atoms with Crippen LogP contribution in [0.1, 0.15) is 54.4 Å². The van der Waals surface area contributed by atoms with Crippen LogP contribution in [0.2, 0.25) is 0 Å². The predicted octanol–water partition coefficient (Wildman–Crippen LogP) is -8.03. The smallest absolute Gasteiger partial charge is 0.326 e. The Labute approximate surface area is 367 Å². The van der Waals surface area contributed by atoms with Crippen LogP contribution in [0, 0.1) is 5.92 Å². The maximum absolute atomic E-state index is 13.0. The molecule has 0 fully saturated rings. The van der Waals surface area contributed by atoms with E-state index in [4.69, 9.17) is 5.73 Å². The SMILES string of the molecule is CSCC[C@H](N)C(=O)N[C@@H](C)C(=O)N[C@H](C(=O)N[C@@H](C)C(=O)N[C@@H](C)C(=O)N[C@@H](CO)C(=O)N[C@@H](CO)C(=O)N[C@@H](CO)C(=O)N[C@@H](CO)C(=O)N[C@@H](CC(C)C)C(=O)O)[C@@H](C)O. The molecule has 0 aliphatic carbocycles. The van der Waals surface area contributed by atoms with E-state index in [0.717, 1.165) is 0 Å². The maximum Gasteiger partial charge on any atom is 0.326 e. The third-order valence-electron chi connectivity index (χ3n) is 8.87. The fourth-order valence-corrected chi connectivity index (χ4v) is 5.56. The average molecular weight is 925 g/mol. The summed E-state index contributed by atoms with van der Waals surface area (Å²) in [6, 6.07) is -15.0. The molecular formula is C36H64N10O16S. The fraction of sp³-hybridized carbons (Fsp3) is 0.722. The van der Waals surface area contributed by atoms with E-state index in [-0.39, 0.29) is 12.3 Å². The van der Waals surface area contributed by atoms with E-state index in [1.807, 2.05) is 22.2 Å². The molecule has 63 heavy (non-hydrogen) atoms. The zero-order chi connectivity index (χ0) is 48.7. The predicted molar refractivity (Wildman–Crippen MR) is 222 cm³/mol. The van der Waals surface area contributed by atoms with Crippen molar-refractivity contribution >= 4 is 70.9 Å². The lowest BCUT2D eigenvalue weighted by atomic mass is 10.0. The van der Waals surface area contributed by atoms with Gasteiger partial charge in [-0.25, -0.2) is 4.79 Å². The standard InChI is InChI=1S/C36H64N10O16S/c1-15(2)10-21(36(61)62)41-31(56)23(12-48)43-33(58)25(14-50)45-34(59)24(13-49)44-32(57)22(11-47)42-28(53)17(4)38-27(52)16(3)40-35(60)26(19(6)51)46-29(54)18(5)39-30(55)20(37)8-9-63-7/h15-26,47-51H,8-14,37H2,1-7H3,(H,38,52)(H,39,55)(H,40,60)(H,41,56)(H,42,53)(H,43,58)(H,44,57)(H,45,59)(H,46,54)(H,61,62)/t16-,17-,18-,19+,20-,21-,22-,23-,24-,25-,26-/m0/s1. The molecular weight excluding hydrogens is 861 g/mol. The van der Waals surface area contributed by atoms with E-state index in [1.165, 1.54) is 39.5 Å². The molecule has 0 aromatic heterocycles. The van der Waals surface area contributed by atoms with E-state index < -0.39 is 152 Å². The number of carbonyl (C=O) groups excluding carboxylic acids is 9. The number of carbonyl (C=O) groups is 10. The van der Waals surface area contributed by atoms with Gasteiger partial charge >= 0.3 is 5.97 Å². The van der Waals surface area contributed by atoms with Crippen molar-refractivity contribution in [3.05, 3.63) is 0 Å². The minimum Gasteiger partial charge on any atom is -0.480 e. The largest absolute Gasteiger partial charge is 0.480 e. The van der Waals surface area contributed by atoms with Crippen LogP contribution in [0.5, 0.6) is 0 Å². The van der Waals surface area contributed by atoms with Gasteiger partial charge < -0.3 is 84.2 Å². The molecule has 0 saturated carbocycles. The number of aliphatic hydroxyl groups excluding tert-OH is 5. The molecule has 9 amide bonds. The molecule has 0 rings (SSSR count).